The van der Waals surface area contributed by atoms with Crippen molar-refractivity contribution >= 4 is 0 Å². The molecule has 3 aliphatic rings. The number of hydrogen-bond donors (Lipinski definition) is 0. The summed E-state index contributed by atoms with van der Waals surface area (Å²) in [5.74, 6) is 2.75. The smallest absolute Gasteiger partial charge is 0.162 e. The van der Waals surface area contributed by atoms with Gasteiger partial charge in [-0.05, 0) is 87.9 Å². The van der Waals surface area contributed by atoms with Gasteiger partial charge in [0, 0.05) is 0 Å². The third kappa shape index (κ3) is 3.38. The molecule has 6 unspecified atom stereocenters. The summed E-state index contributed by atoms with van der Waals surface area (Å²) >= 11 is 0. The van der Waals surface area contributed by atoms with E-state index in [4.69, 9.17) is 0 Å². The molecule has 0 aliphatic heterocycles. The molecule has 0 bridgehead atoms. The predicted molar refractivity (Wildman–Crippen MR) is 83.9 cm³/mol. The molecule has 0 saturated heterocycles. The van der Waals surface area contributed by atoms with Gasteiger partial charge in [0.15, 0.2) is 6.17 Å². The molecule has 22 heavy (non-hydrogen) atoms. The standard InChI is InChI=1S/C19H29F3/c1-2-3-12-4-5-14-9-15(7-6-13(14)8-12)16-10-17(20)19(22)18(21)11-16/h2-3,12-19H,4-11H2,1H3/b3-2+. The van der Waals surface area contributed by atoms with Crippen molar-refractivity contribution in [1.82, 2.24) is 0 Å². The van der Waals surface area contributed by atoms with Crippen LogP contribution in [-0.2, 0) is 0 Å². The second kappa shape index (κ2) is 6.97. The van der Waals surface area contributed by atoms with Gasteiger partial charge in [-0.25, -0.2) is 13.2 Å². The number of alkyl halides is 3. The molecule has 0 radical (unpaired) electrons. The molecule has 126 valence electrons. The largest absolute Gasteiger partial charge is 0.244 e. The van der Waals surface area contributed by atoms with E-state index >= 15 is 0 Å². The highest BCUT2D eigenvalue weighted by atomic mass is 19.2. The SMILES string of the molecule is C/C=C/C1CCC2CC(C3CC(F)C(F)C(F)C3)CCC2C1. The third-order valence-electron chi connectivity index (χ3n) is 6.57. The lowest BCUT2D eigenvalue weighted by Crippen LogP contribution is -2.41. The molecule has 3 saturated carbocycles. The summed E-state index contributed by atoms with van der Waals surface area (Å²) in [4.78, 5) is 0. The first-order valence-electron chi connectivity index (χ1n) is 9.13. The van der Waals surface area contributed by atoms with Gasteiger partial charge in [-0.3, -0.25) is 0 Å². The fourth-order valence-electron chi connectivity index (χ4n) is 5.38. The van der Waals surface area contributed by atoms with Gasteiger partial charge in [-0.1, -0.05) is 12.2 Å². The average molecular weight is 314 g/mol. The zero-order valence-electron chi connectivity index (χ0n) is 13.6. The fraction of sp³-hybridized carbons (Fsp3) is 0.895. The highest BCUT2D eigenvalue weighted by molar-refractivity contribution is 4.96. The lowest BCUT2D eigenvalue weighted by molar-refractivity contribution is -0.0150. The molecule has 0 aromatic rings. The van der Waals surface area contributed by atoms with E-state index in [0.29, 0.717) is 5.92 Å². The topological polar surface area (TPSA) is 0 Å². The summed E-state index contributed by atoms with van der Waals surface area (Å²) in [5, 5.41) is 0. The molecule has 0 aromatic heterocycles. The van der Waals surface area contributed by atoms with Crippen LogP contribution in [-0.4, -0.2) is 18.5 Å². The molecule has 6 atom stereocenters. The lowest BCUT2D eigenvalue weighted by Gasteiger charge is -2.45. The normalized spacial score (nSPS) is 50.0. The van der Waals surface area contributed by atoms with Gasteiger partial charge in [0.05, 0.1) is 0 Å². The van der Waals surface area contributed by atoms with Gasteiger partial charge in [-0.15, -0.1) is 0 Å². The third-order valence-corrected chi connectivity index (χ3v) is 6.57. The lowest BCUT2D eigenvalue weighted by atomic mass is 9.61. The Morgan fingerprint density at radius 3 is 1.86 bits per heavy atom. The van der Waals surface area contributed by atoms with Crippen LogP contribution in [0.5, 0.6) is 0 Å². The van der Waals surface area contributed by atoms with Crippen LogP contribution in [0.3, 0.4) is 0 Å². The summed E-state index contributed by atoms with van der Waals surface area (Å²) in [7, 11) is 0. The Hall–Kier alpha value is -0.470. The van der Waals surface area contributed by atoms with Crippen molar-refractivity contribution in [2.24, 2.45) is 29.6 Å². The van der Waals surface area contributed by atoms with E-state index in [-0.39, 0.29) is 18.8 Å². The van der Waals surface area contributed by atoms with Gasteiger partial charge in [-0.2, -0.15) is 0 Å². The summed E-state index contributed by atoms with van der Waals surface area (Å²) in [5.41, 5.74) is 0. The summed E-state index contributed by atoms with van der Waals surface area (Å²) in [6.45, 7) is 2.09. The van der Waals surface area contributed by atoms with E-state index in [1.165, 1.54) is 25.7 Å². The van der Waals surface area contributed by atoms with Crippen molar-refractivity contribution in [1.29, 1.82) is 0 Å². The van der Waals surface area contributed by atoms with E-state index in [2.05, 4.69) is 19.1 Å². The Labute approximate surface area is 132 Å². The highest BCUT2D eigenvalue weighted by Gasteiger charge is 2.44. The molecular formula is C19H29F3. The van der Waals surface area contributed by atoms with E-state index in [1.807, 2.05) is 0 Å². The van der Waals surface area contributed by atoms with E-state index in [9.17, 15) is 13.2 Å². The zero-order chi connectivity index (χ0) is 15.7. The monoisotopic (exact) mass is 314 g/mol. The molecule has 0 heterocycles. The molecule has 3 rings (SSSR count). The van der Waals surface area contributed by atoms with E-state index in [1.54, 1.807) is 0 Å². The zero-order valence-corrected chi connectivity index (χ0v) is 13.6. The van der Waals surface area contributed by atoms with Crippen molar-refractivity contribution in [3.8, 4) is 0 Å². The number of fused-ring (bicyclic) bond motifs is 1. The summed E-state index contributed by atoms with van der Waals surface area (Å²) < 4.78 is 40.7. The van der Waals surface area contributed by atoms with E-state index < -0.39 is 18.5 Å². The average Bonchev–Trinajstić information content (AvgIpc) is 2.52. The molecule has 3 aliphatic carbocycles. The van der Waals surface area contributed by atoms with Crippen molar-refractivity contribution in [2.75, 3.05) is 0 Å². The quantitative estimate of drug-likeness (QED) is 0.563. The molecule has 0 spiro atoms. The van der Waals surface area contributed by atoms with Crippen LogP contribution in [0.1, 0.15) is 58.3 Å². The van der Waals surface area contributed by atoms with Crippen LogP contribution < -0.4 is 0 Å². The van der Waals surface area contributed by atoms with Crippen LogP contribution in [0.15, 0.2) is 12.2 Å². The minimum Gasteiger partial charge on any atom is -0.244 e. The predicted octanol–water partition coefficient (Wildman–Crippen LogP) is 5.82. The Balaban J connectivity index is 1.56. The maximum Gasteiger partial charge on any atom is 0.162 e. The van der Waals surface area contributed by atoms with Crippen LogP contribution in [0, 0.1) is 29.6 Å². The Kier molecular flexibility index (Phi) is 5.19. The molecule has 0 nitrogen and oxygen atoms in total. The Bertz CT molecular complexity index is 382. The maximum absolute atomic E-state index is 13.7. The second-order valence-corrected chi connectivity index (χ2v) is 7.90. The number of halogens is 3. The number of rotatable bonds is 2. The first-order chi connectivity index (χ1) is 10.6. The van der Waals surface area contributed by atoms with Crippen LogP contribution in [0.2, 0.25) is 0 Å². The van der Waals surface area contributed by atoms with Gasteiger partial charge in [0.25, 0.3) is 0 Å². The minimum absolute atomic E-state index is 0.0613. The molecule has 0 aromatic carbocycles. The number of allylic oxidation sites excluding steroid dienone is 2. The Morgan fingerprint density at radius 2 is 1.23 bits per heavy atom. The van der Waals surface area contributed by atoms with Crippen LogP contribution in [0.4, 0.5) is 13.2 Å². The second-order valence-electron chi connectivity index (χ2n) is 7.90. The van der Waals surface area contributed by atoms with Crippen LogP contribution in [0.25, 0.3) is 0 Å². The first-order valence-corrected chi connectivity index (χ1v) is 9.13. The number of hydrogen-bond acceptors (Lipinski definition) is 0. The summed E-state index contributed by atoms with van der Waals surface area (Å²) in [6, 6.07) is 0. The fourth-order valence-corrected chi connectivity index (χ4v) is 5.38. The summed E-state index contributed by atoms with van der Waals surface area (Å²) in [6.07, 6.45) is 7.14. The highest BCUT2D eigenvalue weighted by Crippen LogP contribution is 2.49. The van der Waals surface area contributed by atoms with Crippen molar-refractivity contribution < 1.29 is 13.2 Å². The van der Waals surface area contributed by atoms with Crippen molar-refractivity contribution in [3.63, 3.8) is 0 Å². The molecule has 3 heteroatoms. The van der Waals surface area contributed by atoms with E-state index in [0.717, 1.165) is 30.6 Å². The maximum atomic E-state index is 13.7. The van der Waals surface area contributed by atoms with Gasteiger partial charge in [0.1, 0.15) is 12.3 Å². The molecule has 0 N–H and O–H groups in total. The van der Waals surface area contributed by atoms with Gasteiger partial charge >= 0.3 is 0 Å². The Morgan fingerprint density at radius 1 is 0.682 bits per heavy atom. The first kappa shape index (κ1) is 16.4. The molecule has 0 amide bonds. The van der Waals surface area contributed by atoms with Crippen molar-refractivity contribution in [2.45, 2.75) is 76.8 Å². The van der Waals surface area contributed by atoms with Gasteiger partial charge in [0.2, 0.25) is 0 Å². The van der Waals surface area contributed by atoms with Gasteiger partial charge < -0.3 is 0 Å². The molecular weight excluding hydrogens is 285 g/mol. The van der Waals surface area contributed by atoms with Crippen molar-refractivity contribution in [3.05, 3.63) is 12.2 Å². The minimum atomic E-state index is -1.89. The molecule has 3 fully saturated rings. The van der Waals surface area contributed by atoms with Crippen LogP contribution >= 0.6 is 0 Å².